The molecule has 0 spiro atoms. The van der Waals surface area contributed by atoms with E-state index in [0.29, 0.717) is 0 Å². The fraction of sp³-hybridized carbons (Fsp3) is 0. The Morgan fingerprint density at radius 2 is 1.13 bits per heavy atom. The van der Waals surface area contributed by atoms with E-state index >= 15 is 0 Å². The number of benzene rings is 8. The van der Waals surface area contributed by atoms with Crippen molar-refractivity contribution in [2.75, 3.05) is 0 Å². The second kappa shape index (κ2) is 11.5. The lowest BCUT2D eigenvalue weighted by Gasteiger charge is -2.25. The smallest absolute Gasteiger partial charge is 0.202 e. The number of ether oxygens (including phenoxy) is 1. The van der Waals surface area contributed by atoms with E-state index in [9.17, 15) is 5.11 Å². The molecule has 247 valence electrons. The van der Waals surface area contributed by atoms with Crippen LogP contribution in [0.2, 0.25) is 0 Å². The van der Waals surface area contributed by atoms with Crippen LogP contribution in [-0.2, 0) is 0 Å². The number of rotatable bonds is 4. The summed E-state index contributed by atoms with van der Waals surface area (Å²) >= 11 is 0. The van der Waals surface area contributed by atoms with Gasteiger partial charge in [-0.2, -0.15) is 0 Å². The van der Waals surface area contributed by atoms with E-state index < -0.39 is 0 Å². The first-order valence-corrected chi connectivity index (χ1v) is 17.8. The summed E-state index contributed by atoms with van der Waals surface area (Å²) in [6.07, 6.45) is 0. The highest BCUT2D eigenvalue weighted by molar-refractivity contribution is 6.71. The topological polar surface area (TPSA) is 47.5 Å². The molecule has 0 fully saturated rings. The first-order chi connectivity index (χ1) is 26.2. The highest BCUT2D eigenvalue weighted by atomic mass is 16.5. The zero-order chi connectivity index (χ0) is 35.0. The first kappa shape index (κ1) is 29.7. The van der Waals surface area contributed by atoms with Crippen molar-refractivity contribution in [3.8, 4) is 56.3 Å². The quantitative estimate of drug-likeness (QED) is 0.189. The van der Waals surface area contributed by atoms with Gasteiger partial charge in [0.05, 0.1) is 11.0 Å². The monoisotopic (exact) mass is 678 g/mol. The van der Waals surface area contributed by atoms with Crippen molar-refractivity contribution in [3.63, 3.8) is 0 Å². The molecule has 0 saturated heterocycles. The van der Waals surface area contributed by atoms with Crippen molar-refractivity contribution in [2.24, 2.45) is 0 Å². The summed E-state index contributed by atoms with van der Waals surface area (Å²) in [4.78, 5) is 0. The third-order valence-electron chi connectivity index (χ3n) is 10.6. The third-order valence-corrected chi connectivity index (χ3v) is 10.6. The molecule has 1 radical (unpaired) electrons. The highest BCUT2D eigenvalue weighted by Gasteiger charge is 2.25. The Kier molecular flexibility index (Phi) is 6.46. The summed E-state index contributed by atoms with van der Waals surface area (Å²) in [5, 5.41) is 15.8. The van der Waals surface area contributed by atoms with Crippen molar-refractivity contribution in [1.29, 1.82) is 0 Å². The average Bonchev–Trinajstić information content (AvgIpc) is 3.75. The minimum atomic E-state index is 0.224. The van der Waals surface area contributed by atoms with Crippen LogP contribution in [0.1, 0.15) is 0 Å². The summed E-state index contributed by atoms with van der Waals surface area (Å²) < 4.78 is 15.3. The van der Waals surface area contributed by atoms with E-state index in [4.69, 9.17) is 9.15 Å². The van der Waals surface area contributed by atoms with E-state index in [-0.39, 0.29) is 5.75 Å². The highest BCUT2D eigenvalue weighted by Crippen LogP contribution is 2.39. The lowest BCUT2D eigenvalue weighted by atomic mass is 9.59. The molecule has 3 heterocycles. The van der Waals surface area contributed by atoms with Gasteiger partial charge in [0.1, 0.15) is 28.4 Å². The largest absolute Gasteiger partial charge is 0.507 e. The van der Waals surface area contributed by atoms with E-state index in [1.807, 2.05) is 36.4 Å². The number of para-hydroxylation sites is 4. The molecular weight excluding hydrogens is 649 g/mol. The fourth-order valence-corrected chi connectivity index (χ4v) is 8.08. The maximum Gasteiger partial charge on any atom is 0.202 e. The van der Waals surface area contributed by atoms with Gasteiger partial charge in [-0.1, -0.05) is 103 Å². The van der Waals surface area contributed by atoms with E-state index in [1.54, 1.807) is 6.07 Å². The molecule has 53 heavy (non-hydrogen) atoms. The molecule has 1 aliphatic heterocycles. The second-order valence-electron chi connectivity index (χ2n) is 13.7. The molecule has 10 aromatic rings. The van der Waals surface area contributed by atoms with E-state index in [2.05, 4.69) is 139 Å². The predicted molar refractivity (Wildman–Crippen MR) is 218 cm³/mol. The Balaban J connectivity index is 1.04. The number of furan rings is 1. The first-order valence-electron chi connectivity index (χ1n) is 17.8. The third kappa shape index (κ3) is 4.71. The molecule has 1 aliphatic rings. The molecule has 0 atom stereocenters. The van der Waals surface area contributed by atoms with Crippen molar-refractivity contribution in [2.45, 2.75) is 0 Å². The number of aromatic nitrogens is 1. The number of aromatic hydroxyl groups is 1. The molecule has 0 saturated carbocycles. The summed E-state index contributed by atoms with van der Waals surface area (Å²) in [5.74, 6) is 1.75. The minimum Gasteiger partial charge on any atom is -0.507 e. The summed E-state index contributed by atoms with van der Waals surface area (Å²) in [7, 11) is 2.18. The molecule has 1 N–H and O–H groups in total. The van der Waals surface area contributed by atoms with Gasteiger partial charge in [0.15, 0.2) is 0 Å². The zero-order valence-electron chi connectivity index (χ0n) is 28.5. The maximum absolute atomic E-state index is 11.1. The van der Waals surface area contributed by atoms with Crippen LogP contribution in [0.25, 0.3) is 82.8 Å². The van der Waals surface area contributed by atoms with Gasteiger partial charge in [-0.3, -0.25) is 0 Å². The Morgan fingerprint density at radius 3 is 1.94 bits per heavy atom. The number of fused-ring (bicyclic) bond motifs is 8. The molecular formula is C48H29BNO3. The molecule has 0 amide bonds. The van der Waals surface area contributed by atoms with Gasteiger partial charge >= 0.3 is 0 Å². The number of nitrogens with zero attached hydrogens (tertiary/aromatic N) is 1. The number of hydrogen-bond acceptors (Lipinski definition) is 3. The summed E-state index contributed by atoms with van der Waals surface area (Å²) in [6, 6.07) is 58.4. The van der Waals surface area contributed by atoms with E-state index in [0.717, 1.165) is 94.5 Å². The van der Waals surface area contributed by atoms with Crippen molar-refractivity contribution in [3.05, 3.63) is 170 Å². The molecule has 0 unspecified atom stereocenters. The van der Waals surface area contributed by atoms with Crippen LogP contribution in [0.15, 0.2) is 174 Å². The van der Waals surface area contributed by atoms with Gasteiger partial charge in [0.25, 0.3) is 0 Å². The van der Waals surface area contributed by atoms with Crippen LogP contribution < -0.4 is 15.7 Å². The lowest BCUT2D eigenvalue weighted by molar-refractivity contribution is 0.477. The Labute approximate surface area is 306 Å². The van der Waals surface area contributed by atoms with Gasteiger partial charge in [-0.25, -0.2) is 0 Å². The van der Waals surface area contributed by atoms with Gasteiger partial charge < -0.3 is 18.8 Å². The Hall–Kier alpha value is -6.98. The van der Waals surface area contributed by atoms with Crippen molar-refractivity contribution >= 4 is 61.9 Å². The number of hydrogen-bond donors (Lipinski definition) is 1. The fourth-order valence-electron chi connectivity index (χ4n) is 8.08. The minimum absolute atomic E-state index is 0.224. The van der Waals surface area contributed by atoms with Gasteiger partial charge in [-0.05, 0) is 99.4 Å². The zero-order valence-corrected chi connectivity index (χ0v) is 28.5. The Morgan fingerprint density at radius 1 is 0.453 bits per heavy atom. The molecule has 4 nitrogen and oxygen atoms in total. The maximum atomic E-state index is 11.1. The van der Waals surface area contributed by atoms with Gasteiger partial charge in [0.2, 0.25) is 7.28 Å². The van der Waals surface area contributed by atoms with Crippen LogP contribution in [-0.4, -0.2) is 17.0 Å². The summed E-state index contributed by atoms with van der Waals surface area (Å²) in [6.45, 7) is 0. The van der Waals surface area contributed by atoms with Crippen LogP contribution in [0, 0.1) is 0 Å². The van der Waals surface area contributed by atoms with Gasteiger partial charge in [-0.15, -0.1) is 0 Å². The predicted octanol–water partition coefficient (Wildman–Crippen LogP) is 11.2. The van der Waals surface area contributed by atoms with Crippen LogP contribution in [0.4, 0.5) is 0 Å². The molecule has 0 bridgehead atoms. The van der Waals surface area contributed by atoms with E-state index in [1.165, 1.54) is 10.8 Å². The second-order valence-corrected chi connectivity index (χ2v) is 13.7. The lowest BCUT2D eigenvalue weighted by Crippen LogP contribution is -2.35. The molecule has 8 aromatic carbocycles. The molecule has 2 aromatic heterocycles. The van der Waals surface area contributed by atoms with Crippen LogP contribution in [0.5, 0.6) is 17.2 Å². The molecule has 11 rings (SSSR count). The summed E-state index contributed by atoms with van der Waals surface area (Å²) in [5.41, 5.74) is 12.9. The van der Waals surface area contributed by atoms with Crippen molar-refractivity contribution in [1.82, 2.24) is 4.57 Å². The number of phenols is 1. The number of phenolic OH excluding ortho intramolecular Hbond substituents is 1. The van der Waals surface area contributed by atoms with Crippen molar-refractivity contribution < 1.29 is 14.3 Å². The average molecular weight is 679 g/mol. The SMILES string of the molecule is Oc1ccccc1-c1cc(-c2cccc(-c3ccc4oc5ccccc5c4c3)c2)cc2c1[B]c1ccc(-n3c4ccccc4c4ccccc43)cc1O2. The molecule has 0 aliphatic carbocycles. The van der Waals surface area contributed by atoms with Gasteiger partial charge in [0, 0.05) is 38.9 Å². The Bertz CT molecular complexity index is 3050. The van der Waals surface area contributed by atoms with Crippen LogP contribution in [0.3, 0.4) is 0 Å². The standard InChI is InChI=1S/C48H29BNO3/c51-43-18-7-3-14-36(43)39-26-32(30-11-9-10-29(24-30)31-20-23-45-38(25-31)37-15-4-8-19-44(37)52-45)27-47-48(39)49-40-22-21-33(28-46(40)53-47)50-41-16-5-1-12-34(41)35-13-2-6-17-42(35)50/h1-28,51H. The molecule has 5 heteroatoms. The normalized spacial score (nSPS) is 12.2. The van der Waals surface area contributed by atoms with Crippen LogP contribution >= 0.6 is 0 Å².